The normalized spacial score (nSPS) is 14.8. The third-order valence-corrected chi connectivity index (χ3v) is 4.48. The van der Waals surface area contributed by atoms with Gasteiger partial charge in [-0.15, -0.1) is 0 Å². The summed E-state index contributed by atoms with van der Waals surface area (Å²) in [6.45, 7) is 3.17. The first-order valence-electron chi connectivity index (χ1n) is 8.26. The molecule has 2 aromatic carbocycles. The molecular weight excluding hydrogens is 286 g/mol. The van der Waals surface area contributed by atoms with Crippen molar-refractivity contribution < 1.29 is 9.53 Å². The third-order valence-electron chi connectivity index (χ3n) is 4.48. The molecule has 3 nitrogen and oxygen atoms in total. The minimum absolute atomic E-state index is 0.234. The molecule has 0 aromatic heterocycles. The molecule has 0 unspecified atom stereocenters. The lowest BCUT2D eigenvalue weighted by atomic mass is 10.0. The van der Waals surface area contributed by atoms with Crippen molar-refractivity contribution in [3.8, 4) is 16.9 Å². The number of methoxy groups -OCH3 is 1. The third kappa shape index (κ3) is 3.99. The molecule has 1 aliphatic heterocycles. The number of carbonyl (C=O) groups is 1. The number of ether oxygens (including phenoxy) is 1. The zero-order chi connectivity index (χ0) is 16.1. The van der Waals surface area contributed by atoms with Crippen LogP contribution in [0.5, 0.6) is 5.75 Å². The van der Waals surface area contributed by atoms with E-state index in [9.17, 15) is 4.79 Å². The largest absolute Gasteiger partial charge is 0.497 e. The van der Waals surface area contributed by atoms with Crippen LogP contribution in [0, 0.1) is 0 Å². The van der Waals surface area contributed by atoms with Crippen LogP contribution in [0.15, 0.2) is 48.5 Å². The first kappa shape index (κ1) is 15.8. The molecule has 2 aromatic rings. The van der Waals surface area contributed by atoms with Crippen molar-refractivity contribution in [1.82, 2.24) is 4.90 Å². The van der Waals surface area contributed by atoms with E-state index in [0.29, 0.717) is 6.42 Å². The van der Waals surface area contributed by atoms with Gasteiger partial charge in [0.15, 0.2) is 5.78 Å². The van der Waals surface area contributed by atoms with Gasteiger partial charge in [0.05, 0.1) is 7.11 Å². The lowest BCUT2D eigenvalue weighted by Gasteiger charge is -2.13. The summed E-state index contributed by atoms with van der Waals surface area (Å²) < 4.78 is 5.18. The molecule has 0 radical (unpaired) electrons. The van der Waals surface area contributed by atoms with Gasteiger partial charge in [-0.1, -0.05) is 36.4 Å². The van der Waals surface area contributed by atoms with E-state index in [1.54, 1.807) is 7.11 Å². The van der Waals surface area contributed by atoms with Crippen molar-refractivity contribution in [1.29, 1.82) is 0 Å². The highest BCUT2D eigenvalue weighted by Gasteiger charge is 2.13. The highest BCUT2D eigenvalue weighted by molar-refractivity contribution is 5.96. The van der Waals surface area contributed by atoms with Crippen LogP contribution in [0.1, 0.15) is 29.6 Å². The summed E-state index contributed by atoms with van der Waals surface area (Å²) in [7, 11) is 1.66. The van der Waals surface area contributed by atoms with E-state index in [2.05, 4.69) is 4.90 Å². The summed E-state index contributed by atoms with van der Waals surface area (Å²) in [6, 6.07) is 15.9. The minimum atomic E-state index is 0.234. The maximum atomic E-state index is 12.3. The van der Waals surface area contributed by atoms with E-state index in [0.717, 1.165) is 42.1 Å². The van der Waals surface area contributed by atoms with Crippen LogP contribution >= 0.6 is 0 Å². The molecular formula is C20H23NO2. The minimum Gasteiger partial charge on any atom is -0.497 e. The molecule has 0 bridgehead atoms. The molecule has 1 heterocycles. The van der Waals surface area contributed by atoms with Crippen molar-refractivity contribution in [2.75, 3.05) is 26.7 Å². The summed E-state index contributed by atoms with van der Waals surface area (Å²) in [6.07, 6.45) is 3.15. The maximum Gasteiger partial charge on any atom is 0.164 e. The molecule has 1 fully saturated rings. The van der Waals surface area contributed by atoms with E-state index in [1.165, 1.54) is 12.8 Å². The van der Waals surface area contributed by atoms with E-state index in [4.69, 9.17) is 4.74 Å². The molecule has 0 saturated carbocycles. The highest BCUT2D eigenvalue weighted by Crippen LogP contribution is 2.23. The summed E-state index contributed by atoms with van der Waals surface area (Å²) in [5.41, 5.74) is 3.05. The first-order chi connectivity index (χ1) is 11.3. The van der Waals surface area contributed by atoms with Gasteiger partial charge in [-0.05, 0) is 49.2 Å². The van der Waals surface area contributed by atoms with Crippen LogP contribution < -0.4 is 4.74 Å². The number of Topliss-reactive ketones (excluding diaryl/α,β-unsaturated/α-hetero) is 1. The summed E-state index contributed by atoms with van der Waals surface area (Å²) in [4.78, 5) is 14.7. The Labute approximate surface area is 137 Å². The second-order valence-corrected chi connectivity index (χ2v) is 6.03. The van der Waals surface area contributed by atoms with Crippen molar-refractivity contribution >= 4 is 5.78 Å². The Bertz CT molecular complexity index is 640. The van der Waals surface area contributed by atoms with Gasteiger partial charge in [-0.25, -0.2) is 0 Å². The molecule has 0 amide bonds. The molecule has 0 atom stereocenters. The fourth-order valence-electron chi connectivity index (χ4n) is 3.04. The van der Waals surface area contributed by atoms with E-state index < -0.39 is 0 Å². The topological polar surface area (TPSA) is 29.5 Å². The van der Waals surface area contributed by atoms with Crippen molar-refractivity contribution in [2.24, 2.45) is 0 Å². The Morgan fingerprint density at radius 1 is 0.957 bits per heavy atom. The van der Waals surface area contributed by atoms with Gasteiger partial charge < -0.3 is 9.64 Å². The molecule has 0 aliphatic carbocycles. The van der Waals surface area contributed by atoms with Crippen LogP contribution in [0.3, 0.4) is 0 Å². The van der Waals surface area contributed by atoms with Gasteiger partial charge in [0, 0.05) is 18.5 Å². The second-order valence-electron chi connectivity index (χ2n) is 6.03. The molecule has 3 rings (SSSR count). The molecule has 23 heavy (non-hydrogen) atoms. The van der Waals surface area contributed by atoms with E-state index in [-0.39, 0.29) is 5.78 Å². The fraction of sp³-hybridized carbons (Fsp3) is 0.350. The van der Waals surface area contributed by atoms with Gasteiger partial charge in [0.2, 0.25) is 0 Å². The Kier molecular flexibility index (Phi) is 5.09. The maximum absolute atomic E-state index is 12.3. The predicted molar refractivity (Wildman–Crippen MR) is 93.1 cm³/mol. The van der Waals surface area contributed by atoms with Crippen LogP contribution in [0.4, 0.5) is 0 Å². The lowest BCUT2D eigenvalue weighted by molar-refractivity contribution is 0.0969. The SMILES string of the molecule is COc1ccc(-c2ccc(C(=O)CCN3CCCC3)cc2)cc1. The molecule has 0 N–H and O–H groups in total. The average Bonchev–Trinajstić information content (AvgIpc) is 3.13. The molecule has 3 heteroatoms. The number of nitrogens with zero attached hydrogens (tertiary/aromatic N) is 1. The van der Waals surface area contributed by atoms with Gasteiger partial charge in [0.1, 0.15) is 5.75 Å². The number of carbonyl (C=O) groups excluding carboxylic acids is 1. The smallest absolute Gasteiger partial charge is 0.164 e. The molecule has 1 saturated heterocycles. The Hall–Kier alpha value is -2.13. The zero-order valence-corrected chi connectivity index (χ0v) is 13.6. The monoisotopic (exact) mass is 309 g/mol. The number of hydrogen-bond donors (Lipinski definition) is 0. The number of likely N-dealkylation sites (tertiary alicyclic amines) is 1. The van der Waals surface area contributed by atoms with Gasteiger partial charge in [0.25, 0.3) is 0 Å². The lowest BCUT2D eigenvalue weighted by Crippen LogP contribution is -2.22. The number of benzene rings is 2. The number of ketones is 1. The Morgan fingerprint density at radius 2 is 1.52 bits per heavy atom. The quantitative estimate of drug-likeness (QED) is 0.755. The van der Waals surface area contributed by atoms with E-state index in [1.807, 2.05) is 48.5 Å². The van der Waals surface area contributed by atoms with E-state index >= 15 is 0 Å². The highest BCUT2D eigenvalue weighted by atomic mass is 16.5. The fourth-order valence-corrected chi connectivity index (χ4v) is 3.04. The van der Waals surface area contributed by atoms with Crippen molar-refractivity contribution in [3.63, 3.8) is 0 Å². The summed E-state index contributed by atoms with van der Waals surface area (Å²) in [5.74, 6) is 1.08. The van der Waals surface area contributed by atoms with Crippen molar-refractivity contribution in [3.05, 3.63) is 54.1 Å². The Balaban J connectivity index is 1.62. The summed E-state index contributed by atoms with van der Waals surface area (Å²) >= 11 is 0. The van der Waals surface area contributed by atoms with Gasteiger partial charge >= 0.3 is 0 Å². The second kappa shape index (κ2) is 7.42. The van der Waals surface area contributed by atoms with Gasteiger partial charge in [-0.2, -0.15) is 0 Å². The van der Waals surface area contributed by atoms with Gasteiger partial charge in [-0.3, -0.25) is 4.79 Å². The van der Waals surface area contributed by atoms with Crippen LogP contribution in [-0.2, 0) is 0 Å². The standard InChI is InChI=1S/C20H23NO2/c1-23-19-10-8-17(9-11-19)16-4-6-18(7-5-16)20(22)12-15-21-13-2-3-14-21/h4-11H,2-3,12-15H2,1H3. The predicted octanol–water partition coefficient (Wildman–Crippen LogP) is 4.03. The Morgan fingerprint density at radius 3 is 2.09 bits per heavy atom. The van der Waals surface area contributed by atoms with Crippen LogP contribution in [-0.4, -0.2) is 37.4 Å². The molecule has 0 spiro atoms. The van der Waals surface area contributed by atoms with Crippen molar-refractivity contribution in [2.45, 2.75) is 19.3 Å². The van der Waals surface area contributed by atoms with Crippen LogP contribution in [0.25, 0.3) is 11.1 Å². The zero-order valence-electron chi connectivity index (χ0n) is 13.6. The first-order valence-corrected chi connectivity index (χ1v) is 8.26. The number of rotatable bonds is 6. The number of hydrogen-bond acceptors (Lipinski definition) is 3. The van der Waals surface area contributed by atoms with Crippen LogP contribution in [0.2, 0.25) is 0 Å². The molecule has 120 valence electrons. The molecule has 1 aliphatic rings. The summed E-state index contributed by atoms with van der Waals surface area (Å²) in [5, 5.41) is 0. The average molecular weight is 309 g/mol.